The van der Waals surface area contributed by atoms with E-state index in [9.17, 15) is 4.79 Å². The van der Waals surface area contributed by atoms with E-state index in [1.54, 1.807) is 7.11 Å². The monoisotopic (exact) mass is 280 g/mol. The first-order valence-corrected chi connectivity index (χ1v) is 6.79. The Morgan fingerprint density at radius 3 is 2.65 bits per heavy atom. The molecular formula is C15H24N2O3. The lowest BCUT2D eigenvalue weighted by molar-refractivity contribution is -0.141. The van der Waals surface area contributed by atoms with Gasteiger partial charge in [-0.25, -0.2) is 0 Å². The lowest BCUT2D eigenvalue weighted by atomic mass is 10.1. The van der Waals surface area contributed by atoms with Gasteiger partial charge in [-0.1, -0.05) is 13.0 Å². The number of methoxy groups -OCH3 is 2. The molecule has 5 nitrogen and oxygen atoms in total. The summed E-state index contributed by atoms with van der Waals surface area (Å²) in [6.45, 7) is 4.82. The number of carbonyl (C=O) groups excluding carboxylic acids is 1. The molecule has 0 heterocycles. The quantitative estimate of drug-likeness (QED) is 0.732. The highest BCUT2D eigenvalue weighted by Crippen LogP contribution is 2.21. The fourth-order valence-electron chi connectivity index (χ4n) is 2.02. The predicted molar refractivity (Wildman–Crippen MR) is 78.5 cm³/mol. The SMILES string of the molecule is CCN(CCC(=O)OC)Cc1cc(CN)ccc1OC. The average molecular weight is 280 g/mol. The first kappa shape index (κ1) is 16.5. The van der Waals surface area contributed by atoms with E-state index in [0.717, 1.165) is 30.0 Å². The highest BCUT2D eigenvalue weighted by atomic mass is 16.5. The summed E-state index contributed by atoms with van der Waals surface area (Å²) in [4.78, 5) is 13.4. The Balaban J connectivity index is 2.75. The van der Waals surface area contributed by atoms with Crippen molar-refractivity contribution >= 4 is 5.97 Å². The minimum absolute atomic E-state index is 0.189. The molecule has 0 bridgehead atoms. The van der Waals surface area contributed by atoms with Crippen LogP contribution in [-0.4, -0.2) is 38.2 Å². The smallest absolute Gasteiger partial charge is 0.306 e. The van der Waals surface area contributed by atoms with Crippen LogP contribution in [0.5, 0.6) is 5.75 Å². The number of rotatable bonds is 8. The maximum atomic E-state index is 11.2. The van der Waals surface area contributed by atoms with Crippen molar-refractivity contribution in [2.75, 3.05) is 27.3 Å². The number of hydrogen-bond acceptors (Lipinski definition) is 5. The number of ether oxygens (including phenoxy) is 2. The molecule has 1 aromatic rings. The van der Waals surface area contributed by atoms with Crippen molar-refractivity contribution < 1.29 is 14.3 Å². The molecular weight excluding hydrogens is 256 g/mol. The highest BCUT2D eigenvalue weighted by Gasteiger charge is 2.11. The van der Waals surface area contributed by atoms with Gasteiger partial charge >= 0.3 is 5.97 Å². The summed E-state index contributed by atoms with van der Waals surface area (Å²) in [6.07, 6.45) is 0.392. The molecule has 0 aliphatic carbocycles. The van der Waals surface area contributed by atoms with Crippen molar-refractivity contribution in [3.63, 3.8) is 0 Å². The summed E-state index contributed by atoms with van der Waals surface area (Å²) in [7, 11) is 3.07. The maximum absolute atomic E-state index is 11.2. The topological polar surface area (TPSA) is 64.8 Å². The zero-order valence-electron chi connectivity index (χ0n) is 12.5. The predicted octanol–water partition coefficient (Wildman–Crippen LogP) is 1.54. The minimum atomic E-state index is -0.189. The number of hydrogen-bond donors (Lipinski definition) is 1. The molecule has 0 spiro atoms. The molecule has 5 heteroatoms. The minimum Gasteiger partial charge on any atom is -0.496 e. The zero-order chi connectivity index (χ0) is 15.0. The van der Waals surface area contributed by atoms with Crippen molar-refractivity contribution in [3.8, 4) is 5.75 Å². The van der Waals surface area contributed by atoms with Crippen LogP contribution in [-0.2, 0) is 22.6 Å². The van der Waals surface area contributed by atoms with Crippen LogP contribution >= 0.6 is 0 Å². The number of carbonyl (C=O) groups is 1. The van der Waals surface area contributed by atoms with E-state index < -0.39 is 0 Å². The fourth-order valence-corrected chi connectivity index (χ4v) is 2.02. The van der Waals surface area contributed by atoms with Crippen LogP contribution < -0.4 is 10.5 Å². The van der Waals surface area contributed by atoms with Gasteiger partial charge in [0.05, 0.1) is 20.6 Å². The number of nitrogens with two attached hydrogens (primary N) is 1. The van der Waals surface area contributed by atoms with E-state index in [0.29, 0.717) is 19.5 Å². The van der Waals surface area contributed by atoms with Crippen molar-refractivity contribution in [1.29, 1.82) is 0 Å². The molecule has 1 aromatic carbocycles. The number of benzene rings is 1. The van der Waals surface area contributed by atoms with Crippen molar-refractivity contribution in [2.45, 2.75) is 26.4 Å². The van der Waals surface area contributed by atoms with Gasteiger partial charge in [0.1, 0.15) is 5.75 Å². The first-order valence-electron chi connectivity index (χ1n) is 6.79. The van der Waals surface area contributed by atoms with Gasteiger partial charge in [-0.05, 0) is 24.2 Å². The van der Waals surface area contributed by atoms with Crippen LogP contribution in [0, 0.1) is 0 Å². The Hall–Kier alpha value is -1.59. The molecule has 20 heavy (non-hydrogen) atoms. The molecule has 0 aliphatic heterocycles. The van der Waals surface area contributed by atoms with Gasteiger partial charge in [0.25, 0.3) is 0 Å². The van der Waals surface area contributed by atoms with Gasteiger partial charge in [-0.15, -0.1) is 0 Å². The Morgan fingerprint density at radius 2 is 2.10 bits per heavy atom. The highest BCUT2D eigenvalue weighted by molar-refractivity contribution is 5.69. The van der Waals surface area contributed by atoms with E-state index in [1.165, 1.54) is 7.11 Å². The van der Waals surface area contributed by atoms with Crippen LogP contribution in [0.1, 0.15) is 24.5 Å². The standard InChI is InChI=1S/C15H24N2O3/c1-4-17(8-7-15(18)20-3)11-13-9-12(10-16)5-6-14(13)19-2/h5-6,9H,4,7-8,10-11,16H2,1-3H3. The molecule has 0 saturated heterocycles. The van der Waals surface area contributed by atoms with Crippen LogP contribution in [0.2, 0.25) is 0 Å². The molecule has 0 saturated carbocycles. The summed E-state index contributed by atoms with van der Waals surface area (Å²) in [5.41, 5.74) is 7.83. The van der Waals surface area contributed by atoms with Crippen LogP contribution in [0.4, 0.5) is 0 Å². The molecule has 0 fully saturated rings. The third kappa shape index (κ3) is 4.83. The van der Waals surface area contributed by atoms with Gasteiger partial charge < -0.3 is 15.2 Å². The molecule has 0 atom stereocenters. The van der Waals surface area contributed by atoms with Crippen LogP contribution in [0.3, 0.4) is 0 Å². The molecule has 0 unspecified atom stereocenters. The van der Waals surface area contributed by atoms with Gasteiger partial charge in [0, 0.05) is 25.2 Å². The van der Waals surface area contributed by atoms with E-state index in [-0.39, 0.29) is 5.97 Å². The molecule has 1 rings (SSSR count). The van der Waals surface area contributed by atoms with Crippen molar-refractivity contribution in [1.82, 2.24) is 4.90 Å². The van der Waals surface area contributed by atoms with E-state index in [4.69, 9.17) is 10.5 Å². The van der Waals surface area contributed by atoms with Gasteiger partial charge in [-0.3, -0.25) is 9.69 Å². The largest absolute Gasteiger partial charge is 0.496 e. The Kier molecular flexibility index (Phi) is 7.04. The van der Waals surface area contributed by atoms with E-state index >= 15 is 0 Å². The number of nitrogens with zero attached hydrogens (tertiary/aromatic N) is 1. The third-order valence-corrected chi connectivity index (χ3v) is 3.28. The van der Waals surface area contributed by atoms with Crippen molar-refractivity contribution in [2.24, 2.45) is 5.73 Å². The fraction of sp³-hybridized carbons (Fsp3) is 0.533. The second-order valence-corrected chi connectivity index (χ2v) is 4.55. The summed E-state index contributed by atoms with van der Waals surface area (Å²) in [5.74, 6) is 0.657. The second-order valence-electron chi connectivity index (χ2n) is 4.55. The van der Waals surface area contributed by atoms with Crippen molar-refractivity contribution in [3.05, 3.63) is 29.3 Å². The lowest BCUT2D eigenvalue weighted by Crippen LogP contribution is -2.26. The third-order valence-electron chi connectivity index (χ3n) is 3.28. The molecule has 112 valence electrons. The normalized spacial score (nSPS) is 10.7. The van der Waals surface area contributed by atoms with E-state index in [2.05, 4.69) is 22.6 Å². The van der Waals surface area contributed by atoms with Crippen LogP contribution in [0.15, 0.2) is 18.2 Å². The molecule has 0 radical (unpaired) electrons. The Labute approximate surface area is 120 Å². The summed E-state index contributed by atoms with van der Waals surface area (Å²) in [5, 5.41) is 0. The van der Waals surface area contributed by atoms with Crippen LogP contribution in [0.25, 0.3) is 0 Å². The van der Waals surface area contributed by atoms with Gasteiger partial charge in [0.15, 0.2) is 0 Å². The Bertz CT molecular complexity index is 435. The second kappa shape index (κ2) is 8.55. The summed E-state index contributed by atoms with van der Waals surface area (Å²) in [6, 6.07) is 5.96. The summed E-state index contributed by atoms with van der Waals surface area (Å²) < 4.78 is 10.0. The Morgan fingerprint density at radius 1 is 1.35 bits per heavy atom. The van der Waals surface area contributed by atoms with E-state index in [1.807, 2.05) is 12.1 Å². The molecule has 0 aliphatic rings. The average Bonchev–Trinajstić information content (AvgIpc) is 2.50. The van der Waals surface area contributed by atoms with Gasteiger partial charge in [-0.2, -0.15) is 0 Å². The van der Waals surface area contributed by atoms with Gasteiger partial charge in [0.2, 0.25) is 0 Å². The lowest BCUT2D eigenvalue weighted by Gasteiger charge is -2.21. The summed E-state index contributed by atoms with van der Waals surface area (Å²) >= 11 is 0. The molecule has 2 N–H and O–H groups in total. The molecule has 0 aromatic heterocycles. The first-order chi connectivity index (χ1) is 9.64. The maximum Gasteiger partial charge on any atom is 0.306 e. The number of esters is 1. The zero-order valence-corrected chi connectivity index (χ0v) is 12.5. The molecule has 0 amide bonds.